The van der Waals surface area contributed by atoms with Gasteiger partial charge in [-0.05, 0) is 0 Å². The zero-order valence-corrected chi connectivity index (χ0v) is 18.3. The van der Waals surface area contributed by atoms with Gasteiger partial charge in [0.05, 0.1) is 0 Å². The van der Waals surface area contributed by atoms with E-state index in [1.54, 1.807) is 13.8 Å². The molecule has 1 aromatic rings. The van der Waals surface area contributed by atoms with Gasteiger partial charge in [0.25, 0.3) is 0 Å². The molecule has 1 aliphatic heterocycles. The molecule has 1 saturated heterocycles. The fourth-order valence-electron chi connectivity index (χ4n) is 2.36. The molecule has 0 aliphatic carbocycles. The summed E-state index contributed by atoms with van der Waals surface area (Å²) in [7, 11) is -3.52. The molecule has 1 aliphatic rings. The molecule has 0 saturated carbocycles. The van der Waals surface area contributed by atoms with E-state index in [2.05, 4.69) is 13.8 Å². The molecule has 1 fully saturated rings. The van der Waals surface area contributed by atoms with Crippen molar-refractivity contribution in [1.82, 2.24) is 0 Å². The molecule has 8 heteroatoms. The third kappa shape index (κ3) is 5.64. The van der Waals surface area contributed by atoms with Gasteiger partial charge >= 0.3 is 156 Å². The van der Waals surface area contributed by atoms with E-state index in [1.165, 1.54) is 0 Å². The molecule has 0 aromatic heterocycles. The maximum atomic E-state index is 13.4. The number of hydrogen-bond donors (Lipinski definition) is 0. The third-order valence-electron chi connectivity index (χ3n) is 3.67. The Kier molecular flexibility index (Phi) is 7.72. The molecule has 0 N–H and O–H groups in total. The summed E-state index contributed by atoms with van der Waals surface area (Å²) in [5.74, 6) is -0.852. The molecule has 1 unspecified atom stereocenters. The Labute approximate surface area is 156 Å². The monoisotopic (exact) mass is 434 g/mol. The van der Waals surface area contributed by atoms with Crippen molar-refractivity contribution in [3.63, 3.8) is 0 Å². The van der Waals surface area contributed by atoms with Gasteiger partial charge in [0.15, 0.2) is 0 Å². The molecule has 142 valence electrons. The second kappa shape index (κ2) is 9.14. The average molecular weight is 434 g/mol. The third-order valence-corrected chi connectivity index (χ3v) is 8.45. The van der Waals surface area contributed by atoms with Crippen LogP contribution in [0.5, 0.6) is 0 Å². The minimum absolute atomic E-state index is 0.0453. The van der Waals surface area contributed by atoms with E-state index >= 15 is 0 Å². The van der Waals surface area contributed by atoms with Gasteiger partial charge in [-0.3, -0.25) is 0 Å². The summed E-state index contributed by atoms with van der Waals surface area (Å²) < 4.78 is 42.2. The molecule has 1 heterocycles. The second-order valence-electron chi connectivity index (χ2n) is 6.62. The van der Waals surface area contributed by atoms with E-state index in [9.17, 15) is 4.57 Å². The van der Waals surface area contributed by atoms with Crippen molar-refractivity contribution in [2.24, 2.45) is 5.41 Å². The number of benzene rings is 1. The molecule has 2 rings (SSSR count). The summed E-state index contributed by atoms with van der Waals surface area (Å²) in [5.41, 5.74) is 1.69. The summed E-state index contributed by atoms with van der Waals surface area (Å²) in [6.45, 7) is 11.3. The Bertz CT molecular complexity index is 589. The minimum atomic E-state index is -3.52. The molecular formula is C17H28AsO6P. The van der Waals surface area contributed by atoms with Gasteiger partial charge in [-0.15, -0.1) is 0 Å². The van der Waals surface area contributed by atoms with Crippen LogP contribution < -0.4 is 0 Å². The van der Waals surface area contributed by atoms with Crippen molar-refractivity contribution in [2.75, 3.05) is 26.4 Å². The van der Waals surface area contributed by atoms with Gasteiger partial charge in [0.1, 0.15) is 0 Å². The van der Waals surface area contributed by atoms with Crippen LogP contribution in [0.4, 0.5) is 0 Å². The van der Waals surface area contributed by atoms with Crippen molar-refractivity contribution < 1.29 is 24.8 Å². The molecule has 0 bridgehead atoms. The first-order chi connectivity index (χ1) is 11.8. The van der Waals surface area contributed by atoms with Crippen LogP contribution in [-0.4, -0.2) is 42.1 Å². The number of rotatable bonds is 8. The van der Waals surface area contributed by atoms with Crippen molar-refractivity contribution in [3.05, 3.63) is 35.4 Å². The maximum absolute atomic E-state index is 13.4. The van der Waals surface area contributed by atoms with Crippen LogP contribution in [0.15, 0.2) is 24.3 Å². The molecule has 6 nitrogen and oxygen atoms in total. The van der Waals surface area contributed by atoms with Crippen LogP contribution in [0.3, 0.4) is 0 Å². The molecule has 1 aromatic carbocycles. The standard InChI is InChI=1S/C17H28AsO6P/c1-6-22-25(19,23-7-2)16(15-11-9-8-10-14(15)3)24-18-20-12-17(4,5)13-21-18/h8-11,16H,6-7,12-13H2,1-5H3. The van der Waals surface area contributed by atoms with Gasteiger partial charge in [-0.25, -0.2) is 0 Å². The molecular weight excluding hydrogens is 406 g/mol. The molecule has 0 spiro atoms. The van der Waals surface area contributed by atoms with E-state index in [-0.39, 0.29) is 18.6 Å². The van der Waals surface area contributed by atoms with Crippen molar-refractivity contribution in [1.29, 1.82) is 0 Å². The van der Waals surface area contributed by atoms with E-state index in [0.29, 0.717) is 13.2 Å². The molecule has 1 atom stereocenters. The zero-order valence-electron chi connectivity index (χ0n) is 15.6. The van der Waals surface area contributed by atoms with E-state index in [1.807, 2.05) is 31.2 Å². The van der Waals surface area contributed by atoms with Crippen molar-refractivity contribution in [2.45, 2.75) is 40.5 Å². The van der Waals surface area contributed by atoms with E-state index in [4.69, 9.17) is 20.2 Å². The van der Waals surface area contributed by atoms with Gasteiger partial charge in [-0.1, -0.05) is 0 Å². The van der Waals surface area contributed by atoms with Crippen LogP contribution in [0.2, 0.25) is 0 Å². The Morgan fingerprint density at radius 1 is 1.16 bits per heavy atom. The molecule has 0 radical (unpaired) electrons. The summed E-state index contributed by atoms with van der Waals surface area (Å²) in [5, 5.41) is 0. The van der Waals surface area contributed by atoms with Crippen LogP contribution in [0.25, 0.3) is 0 Å². The summed E-state index contributed by atoms with van der Waals surface area (Å²) >= 11 is -2.52. The van der Waals surface area contributed by atoms with E-state index in [0.717, 1.165) is 11.1 Å². The first-order valence-corrected chi connectivity index (χ1v) is 12.4. The molecule has 0 amide bonds. The van der Waals surface area contributed by atoms with Gasteiger partial charge in [0.2, 0.25) is 0 Å². The first-order valence-electron chi connectivity index (χ1n) is 8.48. The number of hydrogen-bond acceptors (Lipinski definition) is 6. The predicted molar refractivity (Wildman–Crippen MR) is 97.3 cm³/mol. The SMILES string of the molecule is CCOP(=O)(OCC)C(O[As]1OCC(C)(C)CO1)c1ccccc1C. The topological polar surface area (TPSA) is 63.2 Å². The van der Waals surface area contributed by atoms with Crippen molar-refractivity contribution in [3.8, 4) is 0 Å². The van der Waals surface area contributed by atoms with Crippen molar-refractivity contribution >= 4 is 23.3 Å². The average Bonchev–Trinajstić information content (AvgIpc) is 2.55. The quantitative estimate of drug-likeness (QED) is 0.448. The molecule has 25 heavy (non-hydrogen) atoms. The van der Waals surface area contributed by atoms with Crippen LogP contribution in [0, 0.1) is 12.3 Å². The number of aryl methyl sites for hydroxylation is 1. The second-order valence-corrected chi connectivity index (χ2v) is 11.2. The van der Waals surface area contributed by atoms with Crippen LogP contribution in [0.1, 0.15) is 44.7 Å². The normalized spacial score (nSPS) is 19.7. The van der Waals surface area contributed by atoms with Crippen LogP contribution >= 0.6 is 7.60 Å². The van der Waals surface area contributed by atoms with Gasteiger partial charge in [0, 0.05) is 0 Å². The first kappa shape index (κ1) is 21.1. The Balaban J connectivity index is 2.29. The fraction of sp³-hybridized carbons (Fsp3) is 0.647. The predicted octanol–water partition coefficient (Wildman–Crippen LogP) is 4.33. The van der Waals surface area contributed by atoms with Gasteiger partial charge < -0.3 is 0 Å². The zero-order chi connectivity index (χ0) is 18.5. The fourth-order valence-corrected chi connectivity index (χ4v) is 8.20. The summed E-state index contributed by atoms with van der Waals surface area (Å²) in [6, 6.07) is 7.64. The van der Waals surface area contributed by atoms with Crippen LogP contribution in [-0.2, 0) is 24.8 Å². The van der Waals surface area contributed by atoms with E-state index < -0.39 is 29.1 Å². The summed E-state index contributed by atoms with van der Waals surface area (Å²) in [4.78, 5) is 0. The Morgan fingerprint density at radius 2 is 1.72 bits per heavy atom. The summed E-state index contributed by atoms with van der Waals surface area (Å²) in [6.07, 6.45) is 0. The van der Waals surface area contributed by atoms with Gasteiger partial charge in [-0.2, -0.15) is 0 Å². The Hall–Kier alpha value is -0.192. The Morgan fingerprint density at radius 3 is 2.24 bits per heavy atom.